The van der Waals surface area contributed by atoms with Gasteiger partial charge < -0.3 is 20.9 Å². The molecule has 6 heteroatoms. The first-order valence-corrected chi connectivity index (χ1v) is 6.54. The number of rotatable bonds is 3. The van der Waals surface area contributed by atoms with Gasteiger partial charge in [0.1, 0.15) is 11.5 Å². The highest BCUT2D eigenvalue weighted by molar-refractivity contribution is 9.10. The normalized spacial score (nSPS) is 10.1. The maximum absolute atomic E-state index is 12.2. The van der Waals surface area contributed by atoms with Gasteiger partial charge in [-0.3, -0.25) is 4.79 Å². The van der Waals surface area contributed by atoms with Crippen molar-refractivity contribution < 1.29 is 14.6 Å². The summed E-state index contributed by atoms with van der Waals surface area (Å²) < 4.78 is 5.60. The fraction of sp³-hybridized carbons (Fsp3) is 0.0714. The number of aromatic hydroxyl groups is 1. The largest absolute Gasteiger partial charge is 0.506 e. The maximum atomic E-state index is 12.2. The molecule has 2 aromatic carbocycles. The zero-order chi connectivity index (χ0) is 14.7. The third kappa shape index (κ3) is 3.03. The summed E-state index contributed by atoms with van der Waals surface area (Å²) in [5.74, 6) is 0.0630. The van der Waals surface area contributed by atoms with Gasteiger partial charge in [-0.1, -0.05) is 0 Å². The molecule has 104 valence electrons. The Bertz CT molecular complexity index is 659. The molecule has 0 saturated carbocycles. The molecule has 0 fully saturated rings. The lowest BCUT2D eigenvalue weighted by Gasteiger charge is -2.10. The Kier molecular flexibility index (Phi) is 4.14. The van der Waals surface area contributed by atoms with Crippen LogP contribution in [0.5, 0.6) is 11.5 Å². The summed E-state index contributed by atoms with van der Waals surface area (Å²) in [6.07, 6.45) is 0. The number of hydrogen-bond acceptors (Lipinski definition) is 4. The number of nitrogen functional groups attached to an aromatic ring is 1. The van der Waals surface area contributed by atoms with Crippen LogP contribution < -0.4 is 15.8 Å². The summed E-state index contributed by atoms with van der Waals surface area (Å²) in [7, 11) is 1.50. The molecule has 0 aliphatic rings. The smallest absolute Gasteiger partial charge is 0.256 e. The number of nitrogens with two attached hydrogens (primary N) is 1. The quantitative estimate of drug-likeness (QED) is 0.594. The summed E-state index contributed by atoms with van der Waals surface area (Å²) in [6.45, 7) is 0. The van der Waals surface area contributed by atoms with E-state index in [0.29, 0.717) is 27.2 Å². The molecule has 2 aromatic rings. The Balaban J connectivity index is 2.25. The zero-order valence-corrected chi connectivity index (χ0v) is 12.3. The number of methoxy groups -OCH3 is 1. The van der Waals surface area contributed by atoms with Gasteiger partial charge in [-0.05, 0) is 46.3 Å². The number of carbonyl (C=O) groups is 1. The molecule has 0 heterocycles. The van der Waals surface area contributed by atoms with Crippen LogP contribution in [0.4, 0.5) is 11.4 Å². The number of nitrogens with one attached hydrogen (secondary N) is 1. The van der Waals surface area contributed by atoms with Gasteiger partial charge in [0.2, 0.25) is 0 Å². The molecule has 0 atom stereocenters. The number of amides is 1. The van der Waals surface area contributed by atoms with E-state index in [1.807, 2.05) is 0 Å². The van der Waals surface area contributed by atoms with E-state index in [4.69, 9.17) is 10.5 Å². The molecule has 0 radical (unpaired) electrons. The van der Waals surface area contributed by atoms with E-state index >= 15 is 0 Å². The molecular weight excluding hydrogens is 324 g/mol. The molecular formula is C14H13BrN2O3. The van der Waals surface area contributed by atoms with Crippen molar-refractivity contribution >= 4 is 33.2 Å². The lowest BCUT2D eigenvalue weighted by atomic mass is 10.2. The molecule has 4 N–H and O–H groups in total. The second-order valence-electron chi connectivity index (χ2n) is 4.08. The van der Waals surface area contributed by atoms with Crippen molar-refractivity contribution in [3.8, 4) is 11.5 Å². The fourth-order valence-corrected chi connectivity index (χ4v) is 2.08. The number of anilines is 2. The lowest BCUT2D eigenvalue weighted by Crippen LogP contribution is -2.13. The van der Waals surface area contributed by atoms with Crippen molar-refractivity contribution in [1.82, 2.24) is 0 Å². The van der Waals surface area contributed by atoms with Crippen LogP contribution in [-0.2, 0) is 0 Å². The summed E-state index contributed by atoms with van der Waals surface area (Å²) >= 11 is 3.29. The van der Waals surface area contributed by atoms with Gasteiger partial charge in [0, 0.05) is 16.2 Å². The molecule has 0 aromatic heterocycles. The van der Waals surface area contributed by atoms with E-state index in [2.05, 4.69) is 21.2 Å². The highest BCUT2D eigenvalue weighted by Gasteiger charge is 2.13. The Morgan fingerprint density at radius 1 is 1.30 bits per heavy atom. The predicted molar refractivity (Wildman–Crippen MR) is 81.2 cm³/mol. The minimum absolute atomic E-state index is 0.0716. The van der Waals surface area contributed by atoms with Crippen LogP contribution >= 0.6 is 15.9 Å². The van der Waals surface area contributed by atoms with Gasteiger partial charge >= 0.3 is 0 Å². The van der Waals surface area contributed by atoms with Crippen LogP contribution in [0.1, 0.15) is 10.4 Å². The first-order valence-electron chi connectivity index (χ1n) is 5.74. The van der Waals surface area contributed by atoms with Crippen LogP contribution in [0.15, 0.2) is 40.9 Å². The zero-order valence-electron chi connectivity index (χ0n) is 10.7. The fourth-order valence-electron chi connectivity index (χ4n) is 1.65. The first-order chi connectivity index (χ1) is 9.51. The third-order valence-electron chi connectivity index (χ3n) is 2.69. The predicted octanol–water partition coefficient (Wildman–Crippen LogP) is 3.00. The third-order valence-corrected chi connectivity index (χ3v) is 3.38. The standard InChI is InChI=1S/C14H13BrN2O3/c1-20-9-3-5-12(13(18)7-9)17-14(19)10-6-8(16)2-4-11(10)15/h2-7,18H,16H2,1H3,(H,17,19). The van der Waals surface area contributed by atoms with Crippen LogP contribution in [-0.4, -0.2) is 18.1 Å². The second kappa shape index (κ2) is 5.83. The van der Waals surface area contributed by atoms with Crippen LogP contribution in [0.25, 0.3) is 0 Å². The van der Waals surface area contributed by atoms with Crippen LogP contribution in [0.3, 0.4) is 0 Å². The number of ether oxygens (including phenoxy) is 1. The maximum Gasteiger partial charge on any atom is 0.256 e. The minimum atomic E-state index is -0.371. The highest BCUT2D eigenvalue weighted by atomic mass is 79.9. The Morgan fingerprint density at radius 3 is 2.70 bits per heavy atom. The molecule has 1 amide bonds. The molecule has 20 heavy (non-hydrogen) atoms. The second-order valence-corrected chi connectivity index (χ2v) is 4.93. The van der Waals surface area contributed by atoms with E-state index in [0.717, 1.165) is 0 Å². The first kappa shape index (κ1) is 14.2. The molecule has 0 spiro atoms. The molecule has 0 aliphatic carbocycles. The summed E-state index contributed by atoms with van der Waals surface area (Å²) in [5, 5.41) is 12.4. The number of halogens is 1. The van der Waals surface area contributed by atoms with Crippen LogP contribution in [0.2, 0.25) is 0 Å². The topological polar surface area (TPSA) is 84.6 Å². The number of hydrogen-bond donors (Lipinski definition) is 3. The molecule has 0 aliphatic heterocycles. The molecule has 0 saturated heterocycles. The van der Waals surface area contributed by atoms with Crippen molar-refractivity contribution in [2.45, 2.75) is 0 Å². The average molecular weight is 337 g/mol. The number of phenols is 1. The van der Waals surface area contributed by atoms with Gasteiger partial charge in [0.25, 0.3) is 5.91 Å². The van der Waals surface area contributed by atoms with Gasteiger partial charge in [0.15, 0.2) is 0 Å². The SMILES string of the molecule is COc1ccc(NC(=O)c2cc(N)ccc2Br)c(O)c1. The number of phenolic OH excluding ortho intramolecular Hbond substituents is 1. The summed E-state index contributed by atoms with van der Waals surface area (Å²) in [5.41, 5.74) is 6.83. The van der Waals surface area contributed by atoms with Crippen molar-refractivity contribution in [1.29, 1.82) is 0 Å². The Morgan fingerprint density at radius 2 is 2.05 bits per heavy atom. The van der Waals surface area contributed by atoms with E-state index in [1.54, 1.807) is 30.3 Å². The van der Waals surface area contributed by atoms with E-state index in [9.17, 15) is 9.90 Å². The van der Waals surface area contributed by atoms with E-state index < -0.39 is 0 Å². The number of benzene rings is 2. The van der Waals surface area contributed by atoms with Crippen molar-refractivity contribution in [3.05, 3.63) is 46.4 Å². The number of carbonyl (C=O) groups excluding carboxylic acids is 1. The van der Waals surface area contributed by atoms with Gasteiger partial charge in [-0.15, -0.1) is 0 Å². The molecule has 2 rings (SSSR count). The van der Waals surface area contributed by atoms with Crippen molar-refractivity contribution in [2.75, 3.05) is 18.2 Å². The summed E-state index contributed by atoms with van der Waals surface area (Å²) in [6, 6.07) is 9.56. The molecule has 0 unspecified atom stereocenters. The molecule has 5 nitrogen and oxygen atoms in total. The Hall–Kier alpha value is -2.21. The molecule has 0 bridgehead atoms. The van der Waals surface area contributed by atoms with Gasteiger partial charge in [-0.2, -0.15) is 0 Å². The minimum Gasteiger partial charge on any atom is -0.506 e. The van der Waals surface area contributed by atoms with Gasteiger partial charge in [-0.25, -0.2) is 0 Å². The lowest BCUT2D eigenvalue weighted by molar-refractivity contribution is 0.102. The highest BCUT2D eigenvalue weighted by Crippen LogP contribution is 2.29. The van der Waals surface area contributed by atoms with E-state index in [-0.39, 0.29) is 11.7 Å². The Labute approximate surface area is 124 Å². The van der Waals surface area contributed by atoms with Crippen molar-refractivity contribution in [3.63, 3.8) is 0 Å². The monoisotopic (exact) mass is 336 g/mol. The van der Waals surface area contributed by atoms with E-state index in [1.165, 1.54) is 13.2 Å². The van der Waals surface area contributed by atoms with Gasteiger partial charge in [0.05, 0.1) is 18.4 Å². The van der Waals surface area contributed by atoms with Crippen LogP contribution in [0, 0.1) is 0 Å². The average Bonchev–Trinajstić information content (AvgIpc) is 2.43. The summed E-state index contributed by atoms with van der Waals surface area (Å²) in [4.78, 5) is 12.2. The van der Waals surface area contributed by atoms with Crippen molar-refractivity contribution in [2.24, 2.45) is 0 Å².